The number of aliphatic hydroxyl groups excluding tert-OH is 1. The molecule has 6 N–H and O–H groups in total. The number of ether oxygens (including phenoxy) is 1. The molecule has 0 aromatic heterocycles. The van der Waals surface area contributed by atoms with Crippen LogP contribution < -0.4 is 11.5 Å². The van der Waals surface area contributed by atoms with Crippen molar-refractivity contribution < 1.29 is 14.9 Å². The molecule has 28 heavy (non-hydrogen) atoms. The summed E-state index contributed by atoms with van der Waals surface area (Å²) in [5.41, 5.74) is 16.0. The lowest BCUT2D eigenvalue weighted by molar-refractivity contribution is 0.211. The first-order valence-electron chi connectivity index (χ1n) is 9.13. The number of allylic oxidation sites excluding steroid dienone is 4. The van der Waals surface area contributed by atoms with E-state index in [0.717, 1.165) is 17.6 Å². The molecule has 0 bridgehead atoms. The van der Waals surface area contributed by atoms with Gasteiger partial charge in [0.2, 0.25) is 0 Å². The molecule has 0 radical (unpaired) electrons. The largest absolute Gasteiger partial charge is 0.512 e. The number of nitrogen functional groups attached to an aromatic ring is 1. The van der Waals surface area contributed by atoms with Crippen LogP contribution in [0.2, 0.25) is 0 Å². The zero-order valence-corrected chi connectivity index (χ0v) is 16.4. The Balaban J connectivity index is 1.98. The van der Waals surface area contributed by atoms with E-state index in [4.69, 9.17) is 16.2 Å². The first kappa shape index (κ1) is 21.0. The number of hydrogen-bond donors (Lipinski definition) is 4. The van der Waals surface area contributed by atoms with Gasteiger partial charge < -0.3 is 26.4 Å². The molecule has 2 rings (SSSR count). The Hall–Kier alpha value is -3.34. The van der Waals surface area contributed by atoms with Crippen LogP contribution in [0.3, 0.4) is 0 Å². The average molecular weight is 380 g/mol. The van der Waals surface area contributed by atoms with Crippen LogP contribution in [0.5, 0.6) is 5.75 Å². The lowest BCUT2D eigenvalue weighted by Crippen LogP contribution is -1.99. The van der Waals surface area contributed by atoms with Crippen molar-refractivity contribution in [2.24, 2.45) is 5.73 Å². The van der Waals surface area contributed by atoms with Gasteiger partial charge in [0.05, 0.1) is 5.76 Å². The summed E-state index contributed by atoms with van der Waals surface area (Å²) in [4.78, 5) is 0. The molecular formula is C23H28N2O3. The summed E-state index contributed by atoms with van der Waals surface area (Å²) >= 11 is 0. The number of phenolic OH excluding ortho intramolecular Hbond substituents is 1. The van der Waals surface area contributed by atoms with Crippen molar-refractivity contribution in [2.75, 3.05) is 5.73 Å². The van der Waals surface area contributed by atoms with Gasteiger partial charge in [0.1, 0.15) is 18.1 Å². The van der Waals surface area contributed by atoms with Gasteiger partial charge in [0.15, 0.2) is 0 Å². The summed E-state index contributed by atoms with van der Waals surface area (Å²) in [6.45, 7) is 3.95. The fourth-order valence-corrected chi connectivity index (χ4v) is 2.63. The number of anilines is 1. The summed E-state index contributed by atoms with van der Waals surface area (Å²) in [7, 11) is 0. The Bertz CT molecular complexity index is 877. The van der Waals surface area contributed by atoms with Gasteiger partial charge in [-0.05, 0) is 56.0 Å². The molecule has 0 spiro atoms. The monoisotopic (exact) mass is 380 g/mol. The predicted molar refractivity (Wildman–Crippen MR) is 114 cm³/mol. The molecule has 0 fully saturated rings. The van der Waals surface area contributed by atoms with Crippen LogP contribution in [0.4, 0.5) is 5.69 Å². The minimum Gasteiger partial charge on any atom is -0.512 e. The van der Waals surface area contributed by atoms with E-state index in [1.165, 1.54) is 23.4 Å². The molecule has 0 aliphatic carbocycles. The number of phenols is 1. The number of rotatable bonds is 8. The number of hydrogen-bond acceptors (Lipinski definition) is 5. The van der Waals surface area contributed by atoms with Crippen LogP contribution in [-0.4, -0.2) is 10.2 Å². The first-order chi connectivity index (χ1) is 13.4. The maximum atomic E-state index is 9.99. The van der Waals surface area contributed by atoms with E-state index in [0.29, 0.717) is 17.9 Å². The van der Waals surface area contributed by atoms with Gasteiger partial charge in [-0.25, -0.2) is 0 Å². The molecule has 0 saturated heterocycles. The Morgan fingerprint density at radius 2 is 1.82 bits per heavy atom. The van der Waals surface area contributed by atoms with Crippen LogP contribution in [0.25, 0.3) is 0 Å². The van der Waals surface area contributed by atoms with Crippen molar-refractivity contribution >= 4 is 5.69 Å². The highest BCUT2D eigenvalue weighted by atomic mass is 16.5. The van der Waals surface area contributed by atoms with Gasteiger partial charge in [-0.3, -0.25) is 0 Å². The number of nitrogens with two attached hydrogens (primary N) is 2. The van der Waals surface area contributed by atoms with Crippen LogP contribution in [0.1, 0.15) is 30.0 Å². The topological polar surface area (TPSA) is 102 Å². The van der Waals surface area contributed by atoms with Gasteiger partial charge in [0, 0.05) is 23.5 Å². The van der Waals surface area contributed by atoms with Crippen molar-refractivity contribution in [2.45, 2.75) is 33.3 Å². The van der Waals surface area contributed by atoms with Crippen LogP contribution in [0, 0.1) is 6.92 Å². The molecule has 2 aromatic rings. The third-order valence-corrected chi connectivity index (χ3v) is 4.41. The molecule has 0 amide bonds. The molecule has 0 saturated carbocycles. The number of benzene rings is 2. The fraction of sp³-hybridized carbons (Fsp3) is 0.217. The Labute approximate surface area is 166 Å². The number of aliphatic hydroxyl groups is 1. The van der Waals surface area contributed by atoms with Gasteiger partial charge in [-0.15, -0.1) is 0 Å². The predicted octanol–water partition coefficient (Wildman–Crippen LogP) is 4.62. The minimum absolute atomic E-state index is 0.109. The molecule has 148 valence electrons. The molecule has 2 aromatic carbocycles. The van der Waals surface area contributed by atoms with Crippen LogP contribution in [-0.2, 0) is 17.8 Å². The smallest absolute Gasteiger partial charge is 0.135 e. The molecule has 0 atom stereocenters. The van der Waals surface area contributed by atoms with E-state index >= 15 is 0 Å². The van der Waals surface area contributed by atoms with Crippen molar-refractivity contribution in [1.29, 1.82) is 0 Å². The summed E-state index contributed by atoms with van der Waals surface area (Å²) < 4.78 is 5.69. The maximum absolute atomic E-state index is 9.99. The molecule has 0 aliphatic rings. The minimum atomic E-state index is 0.109. The van der Waals surface area contributed by atoms with E-state index in [9.17, 15) is 10.2 Å². The Morgan fingerprint density at radius 1 is 1.11 bits per heavy atom. The molecule has 0 aliphatic heterocycles. The standard InChI is InChI=1S/C23H28N2O3/c1-16-3-5-18(6-4-16)7-8-19(17(2)26)10-12-22(14-24)28-15-20-9-11-21(27)13-23(20)25/h3-6,9-14,26-27H,7-8,15,24-25H2,1-2H3/b12-10-,19-17+,22-14-. The van der Waals surface area contributed by atoms with Gasteiger partial charge in [0.25, 0.3) is 0 Å². The second-order valence-electron chi connectivity index (χ2n) is 6.67. The van der Waals surface area contributed by atoms with E-state index in [1.54, 1.807) is 25.1 Å². The summed E-state index contributed by atoms with van der Waals surface area (Å²) in [6, 6.07) is 13.1. The normalized spacial score (nSPS) is 12.9. The van der Waals surface area contributed by atoms with Gasteiger partial charge >= 0.3 is 0 Å². The van der Waals surface area contributed by atoms with Crippen molar-refractivity contribution in [1.82, 2.24) is 0 Å². The highest BCUT2D eigenvalue weighted by Gasteiger charge is 2.04. The van der Waals surface area contributed by atoms with E-state index in [1.807, 2.05) is 6.08 Å². The van der Waals surface area contributed by atoms with E-state index < -0.39 is 0 Å². The average Bonchev–Trinajstić information content (AvgIpc) is 2.66. The number of aryl methyl sites for hydroxylation is 2. The zero-order chi connectivity index (χ0) is 20.5. The molecule has 0 heterocycles. The maximum Gasteiger partial charge on any atom is 0.135 e. The van der Waals surface area contributed by atoms with E-state index in [2.05, 4.69) is 31.2 Å². The first-order valence-corrected chi connectivity index (χ1v) is 9.13. The lowest BCUT2D eigenvalue weighted by atomic mass is 10.0. The molecular weight excluding hydrogens is 352 g/mol. The summed E-state index contributed by atoms with van der Waals surface area (Å²) in [5.74, 6) is 0.835. The Morgan fingerprint density at radius 3 is 2.43 bits per heavy atom. The second-order valence-corrected chi connectivity index (χ2v) is 6.67. The third-order valence-electron chi connectivity index (χ3n) is 4.41. The van der Waals surface area contributed by atoms with Crippen LogP contribution >= 0.6 is 0 Å². The van der Waals surface area contributed by atoms with E-state index in [-0.39, 0.29) is 18.1 Å². The Kier molecular flexibility index (Phi) is 7.57. The number of aromatic hydroxyl groups is 1. The van der Waals surface area contributed by atoms with Gasteiger partial charge in [-0.1, -0.05) is 35.9 Å². The highest BCUT2D eigenvalue weighted by molar-refractivity contribution is 5.50. The third kappa shape index (κ3) is 6.43. The SMILES string of the molecule is C\C(O)=C(/C=C\C(=C\N)OCc1ccc(O)cc1N)CCc1ccc(C)cc1. The van der Waals surface area contributed by atoms with Crippen molar-refractivity contribution in [3.63, 3.8) is 0 Å². The molecule has 5 heteroatoms. The summed E-state index contributed by atoms with van der Waals surface area (Å²) in [5, 5.41) is 19.4. The van der Waals surface area contributed by atoms with Crippen LogP contribution in [0.15, 0.2) is 77.9 Å². The second kappa shape index (κ2) is 10.1. The molecule has 5 nitrogen and oxygen atoms in total. The molecule has 0 unspecified atom stereocenters. The highest BCUT2D eigenvalue weighted by Crippen LogP contribution is 2.21. The zero-order valence-electron chi connectivity index (χ0n) is 16.4. The van der Waals surface area contributed by atoms with Crippen molar-refractivity contribution in [3.05, 3.63) is 94.6 Å². The van der Waals surface area contributed by atoms with Crippen molar-refractivity contribution in [3.8, 4) is 5.75 Å². The van der Waals surface area contributed by atoms with Gasteiger partial charge in [-0.2, -0.15) is 0 Å². The lowest BCUT2D eigenvalue weighted by Gasteiger charge is -2.10. The summed E-state index contributed by atoms with van der Waals surface area (Å²) in [6.07, 6.45) is 6.41. The quantitative estimate of drug-likeness (QED) is 0.304. The fourth-order valence-electron chi connectivity index (χ4n) is 2.63.